The summed E-state index contributed by atoms with van der Waals surface area (Å²) in [6.45, 7) is 0. The van der Waals surface area contributed by atoms with Gasteiger partial charge in [0.15, 0.2) is 0 Å². The SMILES string of the molecule is COc1cccc(CC(Cl)c2ccc(Br)cc2F)c1. The molecule has 1 nitrogen and oxygen atoms in total. The number of hydrogen-bond donors (Lipinski definition) is 0. The molecule has 2 rings (SSSR count). The van der Waals surface area contributed by atoms with Gasteiger partial charge in [0.2, 0.25) is 0 Å². The molecule has 2 aromatic carbocycles. The molecule has 0 aliphatic heterocycles. The molecule has 0 N–H and O–H groups in total. The van der Waals surface area contributed by atoms with E-state index in [-0.39, 0.29) is 5.82 Å². The van der Waals surface area contributed by atoms with Crippen LogP contribution in [0.15, 0.2) is 46.9 Å². The molecule has 100 valence electrons. The first-order chi connectivity index (χ1) is 9.10. The Morgan fingerprint density at radius 1 is 1.26 bits per heavy atom. The zero-order valence-electron chi connectivity index (χ0n) is 10.4. The Hall–Kier alpha value is -1.06. The van der Waals surface area contributed by atoms with E-state index in [1.807, 2.05) is 24.3 Å². The molecule has 1 unspecified atom stereocenters. The van der Waals surface area contributed by atoms with Crippen LogP contribution in [-0.2, 0) is 6.42 Å². The second kappa shape index (κ2) is 6.40. The highest BCUT2D eigenvalue weighted by Gasteiger charge is 2.14. The first-order valence-electron chi connectivity index (χ1n) is 5.82. The Morgan fingerprint density at radius 3 is 2.74 bits per heavy atom. The number of hydrogen-bond acceptors (Lipinski definition) is 1. The highest BCUT2D eigenvalue weighted by molar-refractivity contribution is 9.10. The maximum Gasteiger partial charge on any atom is 0.129 e. The third-order valence-electron chi connectivity index (χ3n) is 2.85. The topological polar surface area (TPSA) is 9.23 Å². The molecule has 0 aromatic heterocycles. The van der Waals surface area contributed by atoms with E-state index in [4.69, 9.17) is 16.3 Å². The maximum absolute atomic E-state index is 13.8. The number of benzene rings is 2. The van der Waals surface area contributed by atoms with Gasteiger partial charge in [0, 0.05) is 10.0 Å². The summed E-state index contributed by atoms with van der Waals surface area (Å²) in [4.78, 5) is 0. The summed E-state index contributed by atoms with van der Waals surface area (Å²) < 4.78 is 19.7. The third kappa shape index (κ3) is 3.71. The molecule has 0 spiro atoms. The second-order valence-corrected chi connectivity index (χ2v) is 5.63. The van der Waals surface area contributed by atoms with Gasteiger partial charge in [-0.25, -0.2) is 4.39 Å². The van der Waals surface area contributed by atoms with Crippen LogP contribution in [0.4, 0.5) is 4.39 Å². The fraction of sp³-hybridized carbons (Fsp3) is 0.200. The van der Waals surface area contributed by atoms with Crippen molar-refractivity contribution < 1.29 is 9.13 Å². The summed E-state index contributed by atoms with van der Waals surface area (Å²) in [6.07, 6.45) is 0.553. The Labute approximate surface area is 125 Å². The summed E-state index contributed by atoms with van der Waals surface area (Å²) in [6, 6.07) is 12.6. The second-order valence-electron chi connectivity index (χ2n) is 4.19. The standard InChI is InChI=1S/C15H13BrClFO/c1-19-12-4-2-3-10(7-12)8-14(17)13-6-5-11(16)9-15(13)18/h2-7,9,14H,8H2,1H3. The van der Waals surface area contributed by atoms with E-state index in [0.717, 1.165) is 11.3 Å². The molecule has 0 heterocycles. The van der Waals surface area contributed by atoms with E-state index in [9.17, 15) is 4.39 Å². The van der Waals surface area contributed by atoms with Gasteiger partial charge in [-0.2, -0.15) is 0 Å². The van der Waals surface area contributed by atoms with Crippen molar-refractivity contribution in [2.24, 2.45) is 0 Å². The molecule has 0 bridgehead atoms. The van der Waals surface area contributed by atoms with Gasteiger partial charge in [-0.05, 0) is 36.2 Å². The molecule has 1 atom stereocenters. The van der Waals surface area contributed by atoms with Gasteiger partial charge in [-0.15, -0.1) is 11.6 Å². The van der Waals surface area contributed by atoms with Crippen LogP contribution in [0.1, 0.15) is 16.5 Å². The molecule has 0 aliphatic rings. The zero-order valence-corrected chi connectivity index (χ0v) is 12.7. The van der Waals surface area contributed by atoms with Crippen LogP contribution >= 0.6 is 27.5 Å². The summed E-state index contributed by atoms with van der Waals surface area (Å²) >= 11 is 9.53. The molecule has 0 saturated heterocycles. The monoisotopic (exact) mass is 342 g/mol. The van der Waals surface area contributed by atoms with Crippen LogP contribution in [0.2, 0.25) is 0 Å². The van der Waals surface area contributed by atoms with Crippen molar-refractivity contribution in [2.75, 3.05) is 7.11 Å². The van der Waals surface area contributed by atoms with Gasteiger partial charge in [0.05, 0.1) is 12.5 Å². The lowest BCUT2D eigenvalue weighted by Gasteiger charge is -2.12. The first-order valence-corrected chi connectivity index (χ1v) is 7.05. The maximum atomic E-state index is 13.8. The van der Waals surface area contributed by atoms with Crippen molar-refractivity contribution in [3.63, 3.8) is 0 Å². The van der Waals surface area contributed by atoms with E-state index in [1.165, 1.54) is 6.07 Å². The number of halogens is 3. The Balaban J connectivity index is 2.17. The average Bonchev–Trinajstić information content (AvgIpc) is 2.38. The smallest absolute Gasteiger partial charge is 0.129 e. The molecule has 0 radical (unpaired) electrons. The van der Waals surface area contributed by atoms with Crippen LogP contribution in [0, 0.1) is 5.82 Å². The molecule has 0 fully saturated rings. The lowest BCUT2D eigenvalue weighted by Crippen LogP contribution is -1.99. The Bertz CT molecular complexity index is 574. The fourth-order valence-corrected chi connectivity index (χ4v) is 2.56. The molecule has 0 amide bonds. The van der Waals surface area contributed by atoms with Crippen LogP contribution in [0.5, 0.6) is 5.75 Å². The van der Waals surface area contributed by atoms with Gasteiger partial charge in [0.1, 0.15) is 11.6 Å². The largest absolute Gasteiger partial charge is 0.497 e. The summed E-state index contributed by atoms with van der Waals surface area (Å²) in [5.41, 5.74) is 1.52. The third-order valence-corrected chi connectivity index (χ3v) is 3.73. The van der Waals surface area contributed by atoms with Crippen molar-refractivity contribution >= 4 is 27.5 Å². The molecular formula is C15H13BrClFO. The Kier molecular flexibility index (Phi) is 4.83. The normalized spacial score (nSPS) is 12.2. The van der Waals surface area contributed by atoms with Gasteiger partial charge >= 0.3 is 0 Å². The highest BCUT2D eigenvalue weighted by atomic mass is 79.9. The summed E-state index contributed by atoms with van der Waals surface area (Å²) in [7, 11) is 1.62. The molecule has 0 aliphatic carbocycles. The van der Waals surface area contributed by atoms with Gasteiger partial charge in [0.25, 0.3) is 0 Å². The fourth-order valence-electron chi connectivity index (χ4n) is 1.87. The minimum Gasteiger partial charge on any atom is -0.497 e. The minimum absolute atomic E-state index is 0.294. The summed E-state index contributed by atoms with van der Waals surface area (Å²) in [5, 5.41) is -0.403. The quantitative estimate of drug-likeness (QED) is 0.700. The molecule has 2 aromatic rings. The molecule has 0 saturated carbocycles. The van der Waals surface area contributed by atoms with Crippen molar-refractivity contribution in [2.45, 2.75) is 11.8 Å². The van der Waals surface area contributed by atoms with E-state index >= 15 is 0 Å². The van der Waals surface area contributed by atoms with Crippen LogP contribution < -0.4 is 4.74 Å². The minimum atomic E-state index is -0.403. The van der Waals surface area contributed by atoms with E-state index in [1.54, 1.807) is 19.2 Å². The van der Waals surface area contributed by atoms with Crippen molar-refractivity contribution in [3.05, 3.63) is 63.9 Å². The van der Waals surface area contributed by atoms with Crippen LogP contribution in [0.25, 0.3) is 0 Å². The van der Waals surface area contributed by atoms with Gasteiger partial charge in [-0.1, -0.05) is 34.1 Å². The highest BCUT2D eigenvalue weighted by Crippen LogP contribution is 2.29. The molecular weight excluding hydrogens is 331 g/mol. The van der Waals surface area contributed by atoms with E-state index in [0.29, 0.717) is 16.5 Å². The van der Waals surface area contributed by atoms with Crippen LogP contribution in [0.3, 0.4) is 0 Å². The number of methoxy groups -OCH3 is 1. The lowest BCUT2D eigenvalue weighted by molar-refractivity contribution is 0.414. The summed E-state index contributed by atoms with van der Waals surface area (Å²) in [5.74, 6) is 0.481. The number of ether oxygens (including phenoxy) is 1. The zero-order chi connectivity index (χ0) is 13.8. The molecule has 19 heavy (non-hydrogen) atoms. The van der Waals surface area contributed by atoms with E-state index < -0.39 is 5.38 Å². The predicted molar refractivity (Wildman–Crippen MR) is 79.4 cm³/mol. The predicted octanol–water partition coefficient (Wildman–Crippen LogP) is 5.12. The van der Waals surface area contributed by atoms with Crippen molar-refractivity contribution in [3.8, 4) is 5.75 Å². The number of alkyl halides is 1. The van der Waals surface area contributed by atoms with Gasteiger partial charge < -0.3 is 4.74 Å². The van der Waals surface area contributed by atoms with E-state index in [2.05, 4.69) is 15.9 Å². The Morgan fingerprint density at radius 2 is 2.05 bits per heavy atom. The number of rotatable bonds is 4. The first kappa shape index (κ1) is 14.4. The molecule has 4 heteroatoms. The lowest BCUT2D eigenvalue weighted by atomic mass is 10.0. The van der Waals surface area contributed by atoms with Crippen molar-refractivity contribution in [1.82, 2.24) is 0 Å². The van der Waals surface area contributed by atoms with Crippen LogP contribution in [-0.4, -0.2) is 7.11 Å². The van der Waals surface area contributed by atoms with Crippen molar-refractivity contribution in [1.29, 1.82) is 0 Å². The van der Waals surface area contributed by atoms with Gasteiger partial charge in [-0.3, -0.25) is 0 Å². The average molecular weight is 344 g/mol.